The predicted octanol–water partition coefficient (Wildman–Crippen LogP) is 4.37. The van der Waals surface area contributed by atoms with Gasteiger partial charge in [-0.05, 0) is 29.5 Å². The molecule has 0 heterocycles. The average Bonchev–Trinajstić information content (AvgIpc) is 2.68. The second kappa shape index (κ2) is 8.84. The Balaban J connectivity index is 1.67. The molecule has 0 aliphatic heterocycles. The van der Waals surface area contributed by atoms with Crippen LogP contribution in [0.2, 0.25) is 0 Å². The smallest absolute Gasteiger partial charge is 0.227 e. The molecule has 2 heteroatoms. The first-order valence-corrected chi connectivity index (χ1v) is 8.73. The lowest BCUT2D eigenvalue weighted by Crippen LogP contribution is -2.32. The molecule has 3 aromatic carbocycles. The average molecular weight is 329 g/mol. The Labute approximate surface area is 149 Å². The van der Waals surface area contributed by atoms with Gasteiger partial charge in [0.05, 0.1) is 5.92 Å². The molecule has 1 unspecified atom stereocenters. The monoisotopic (exact) mass is 329 g/mol. The van der Waals surface area contributed by atoms with Gasteiger partial charge < -0.3 is 5.32 Å². The van der Waals surface area contributed by atoms with Gasteiger partial charge in [0.2, 0.25) is 5.91 Å². The van der Waals surface area contributed by atoms with Gasteiger partial charge in [0.25, 0.3) is 0 Å². The van der Waals surface area contributed by atoms with Crippen LogP contribution in [0, 0.1) is 0 Å². The zero-order chi connectivity index (χ0) is 17.3. The lowest BCUT2D eigenvalue weighted by Gasteiger charge is -2.17. The Morgan fingerprint density at radius 1 is 0.720 bits per heavy atom. The normalized spacial score (nSPS) is 11.7. The van der Waals surface area contributed by atoms with Crippen molar-refractivity contribution in [3.05, 3.63) is 108 Å². The van der Waals surface area contributed by atoms with Crippen molar-refractivity contribution in [2.24, 2.45) is 0 Å². The minimum atomic E-state index is -0.167. The zero-order valence-corrected chi connectivity index (χ0v) is 14.3. The molecular weight excluding hydrogens is 306 g/mol. The van der Waals surface area contributed by atoms with Crippen LogP contribution in [-0.2, 0) is 17.6 Å². The number of carbonyl (C=O) groups excluding carboxylic acids is 1. The molecule has 1 amide bonds. The molecule has 0 aliphatic rings. The van der Waals surface area contributed by atoms with Crippen molar-refractivity contribution < 1.29 is 4.79 Å². The third kappa shape index (κ3) is 5.05. The summed E-state index contributed by atoms with van der Waals surface area (Å²) in [5.74, 6) is -0.0784. The maximum Gasteiger partial charge on any atom is 0.227 e. The first kappa shape index (κ1) is 17.0. The summed E-state index contributed by atoms with van der Waals surface area (Å²) < 4.78 is 0. The Kier molecular flexibility index (Phi) is 6.00. The molecule has 0 spiro atoms. The zero-order valence-electron chi connectivity index (χ0n) is 14.3. The minimum Gasteiger partial charge on any atom is -0.355 e. The van der Waals surface area contributed by atoms with Gasteiger partial charge in [-0.15, -0.1) is 0 Å². The Morgan fingerprint density at radius 3 is 1.84 bits per heavy atom. The van der Waals surface area contributed by atoms with E-state index in [0.717, 1.165) is 12.0 Å². The van der Waals surface area contributed by atoms with E-state index in [2.05, 4.69) is 29.6 Å². The van der Waals surface area contributed by atoms with Crippen molar-refractivity contribution >= 4 is 5.91 Å². The molecule has 0 aromatic heterocycles. The van der Waals surface area contributed by atoms with Gasteiger partial charge in [-0.2, -0.15) is 0 Å². The number of amides is 1. The van der Waals surface area contributed by atoms with Crippen LogP contribution in [0.5, 0.6) is 0 Å². The first-order valence-electron chi connectivity index (χ1n) is 8.73. The lowest BCUT2D eigenvalue weighted by molar-refractivity contribution is -0.122. The maximum atomic E-state index is 12.8. The maximum absolute atomic E-state index is 12.8. The Bertz CT molecular complexity index is 769. The van der Waals surface area contributed by atoms with Crippen LogP contribution < -0.4 is 5.32 Å². The van der Waals surface area contributed by atoms with E-state index >= 15 is 0 Å². The predicted molar refractivity (Wildman–Crippen MR) is 102 cm³/mol. The standard InChI is InChI=1S/C23H23NO/c25-23(24-17-16-19-10-4-1-5-11-19)22(21-14-8-3-9-15-21)18-20-12-6-2-7-13-20/h1-15,22H,16-18H2,(H,24,25). The van der Waals surface area contributed by atoms with Crippen LogP contribution in [0.15, 0.2) is 91.0 Å². The second-order valence-corrected chi connectivity index (χ2v) is 6.18. The highest BCUT2D eigenvalue weighted by Crippen LogP contribution is 2.21. The highest BCUT2D eigenvalue weighted by Gasteiger charge is 2.20. The number of hydrogen-bond acceptors (Lipinski definition) is 1. The molecule has 0 aliphatic carbocycles. The topological polar surface area (TPSA) is 29.1 Å². The van der Waals surface area contributed by atoms with Gasteiger partial charge in [-0.3, -0.25) is 4.79 Å². The van der Waals surface area contributed by atoms with E-state index in [-0.39, 0.29) is 11.8 Å². The van der Waals surface area contributed by atoms with Gasteiger partial charge in [-0.25, -0.2) is 0 Å². The SMILES string of the molecule is O=C(NCCc1ccccc1)C(Cc1ccccc1)c1ccccc1. The molecule has 25 heavy (non-hydrogen) atoms. The fraction of sp³-hybridized carbons (Fsp3) is 0.174. The summed E-state index contributed by atoms with van der Waals surface area (Å²) in [6, 6.07) is 30.5. The Hall–Kier alpha value is -2.87. The van der Waals surface area contributed by atoms with Gasteiger partial charge in [0, 0.05) is 6.54 Å². The van der Waals surface area contributed by atoms with E-state index in [1.54, 1.807) is 0 Å². The minimum absolute atomic E-state index is 0.0889. The van der Waals surface area contributed by atoms with E-state index in [4.69, 9.17) is 0 Å². The van der Waals surface area contributed by atoms with Crippen molar-refractivity contribution in [1.82, 2.24) is 5.32 Å². The summed E-state index contributed by atoms with van der Waals surface area (Å²) in [4.78, 5) is 12.8. The molecule has 2 nitrogen and oxygen atoms in total. The number of rotatable bonds is 7. The highest BCUT2D eigenvalue weighted by atomic mass is 16.1. The van der Waals surface area contributed by atoms with Crippen molar-refractivity contribution in [2.45, 2.75) is 18.8 Å². The molecule has 126 valence electrons. The van der Waals surface area contributed by atoms with Crippen LogP contribution in [0.3, 0.4) is 0 Å². The molecular formula is C23H23NO. The summed E-state index contributed by atoms with van der Waals surface area (Å²) in [5, 5.41) is 3.11. The molecule has 0 fully saturated rings. The molecule has 0 bridgehead atoms. The number of carbonyl (C=O) groups is 1. The molecule has 1 N–H and O–H groups in total. The fourth-order valence-corrected chi connectivity index (χ4v) is 2.99. The fourth-order valence-electron chi connectivity index (χ4n) is 2.99. The summed E-state index contributed by atoms with van der Waals surface area (Å²) >= 11 is 0. The number of benzene rings is 3. The molecule has 0 saturated carbocycles. The van der Waals surface area contributed by atoms with Crippen molar-refractivity contribution in [1.29, 1.82) is 0 Å². The summed E-state index contributed by atoms with van der Waals surface area (Å²) in [6.45, 7) is 0.654. The van der Waals surface area contributed by atoms with Crippen LogP contribution in [0.4, 0.5) is 0 Å². The molecule has 1 atom stereocenters. The van der Waals surface area contributed by atoms with E-state index in [9.17, 15) is 4.79 Å². The van der Waals surface area contributed by atoms with Gasteiger partial charge in [0.1, 0.15) is 0 Å². The number of nitrogens with one attached hydrogen (secondary N) is 1. The van der Waals surface area contributed by atoms with Crippen LogP contribution in [0.1, 0.15) is 22.6 Å². The summed E-state index contributed by atoms with van der Waals surface area (Å²) in [5.41, 5.74) is 3.47. The highest BCUT2D eigenvalue weighted by molar-refractivity contribution is 5.84. The second-order valence-electron chi connectivity index (χ2n) is 6.18. The van der Waals surface area contributed by atoms with Gasteiger partial charge in [-0.1, -0.05) is 91.0 Å². The molecule has 0 saturated heterocycles. The first-order chi connectivity index (χ1) is 12.3. The van der Waals surface area contributed by atoms with Crippen LogP contribution in [-0.4, -0.2) is 12.5 Å². The molecule has 3 aromatic rings. The van der Waals surface area contributed by atoms with E-state index in [1.165, 1.54) is 11.1 Å². The largest absolute Gasteiger partial charge is 0.355 e. The quantitative estimate of drug-likeness (QED) is 0.685. The third-order valence-electron chi connectivity index (χ3n) is 4.36. The molecule has 0 radical (unpaired) electrons. The van der Waals surface area contributed by atoms with Crippen molar-refractivity contribution in [3.63, 3.8) is 0 Å². The van der Waals surface area contributed by atoms with E-state index in [0.29, 0.717) is 13.0 Å². The van der Waals surface area contributed by atoms with Crippen molar-refractivity contribution in [2.75, 3.05) is 6.54 Å². The number of hydrogen-bond donors (Lipinski definition) is 1. The van der Waals surface area contributed by atoms with Gasteiger partial charge in [0.15, 0.2) is 0 Å². The van der Waals surface area contributed by atoms with E-state index < -0.39 is 0 Å². The van der Waals surface area contributed by atoms with Crippen LogP contribution in [0.25, 0.3) is 0 Å². The van der Waals surface area contributed by atoms with Gasteiger partial charge >= 0.3 is 0 Å². The van der Waals surface area contributed by atoms with E-state index in [1.807, 2.05) is 66.7 Å². The summed E-state index contributed by atoms with van der Waals surface area (Å²) in [7, 11) is 0. The lowest BCUT2D eigenvalue weighted by atomic mass is 9.91. The Morgan fingerprint density at radius 2 is 1.24 bits per heavy atom. The third-order valence-corrected chi connectivity index (χ3v) is 4.36. The van der Waals surface area contributed by atoms with Crippen molar-refractivity contribution in [3.8, 4) is 0 Å². The molecule has 3 rings (SSSR count). The van der Waals surface area contributed by atoms with Crippen LogP contribution >= 0.6 is 0 Å². The summed E-state index contributed by atoms with van der Waals surface area (Å²) in [6.07, 6.45) is 1.56.